The Balaban J connectivity index is -0.000000278. The molecule has 0 spiro atoms. The van der Waals surface area contributed by atoms with Crippen LogP contribution in [0.1, 0.15) is 84.7 Å². The smallest absolute Gasteiger partial charge is 0.349 e. The summed E-state index contributed by atoms with van der Waals surface area (Å²) in [4.78, 5) is 47.6. The van der Waals surface area contributed by atoms with Gasteiger partial charge in [-0.1, -0.05) is 17.7 Å². The molecule has 0 bridgehead atoms. The van der Waals surface area contributed by atoms with E-state index < -0.39 is 17.9 Å². The summed E-state index contributed by atoms with van der Waals surface area (Å²) >= 11 is 3.21. The average molecular weight is 780 g/mol. The third-order valence-corrected chi connectivity index (χ3v) is 5.88. The molecule has 0 aliphatic rings. The number of halogens is 1. The first-order valence-corrected chi connectivity index (χ1v) is 16.4. The monoisotopic (exact) mass is 778 g/mol. The Morgan fingerprint density at radius 2 is 1.31 bits per heavy atom. The minimum absolute atomic E-state index is 0.0648. The molecule has 0 unspecified atom stereocenters. The lowest BCUT2D eigenvalue weighted by atomic mass is 10.1. The molecule has 15 heteroatoms. The minimum atomic E-state index is -0.555. The van der Waals surface area contributed by atoms with E-state index in [-0.39, 0.29) is 36.4 Å². The summed E-state index contributed by atoms with van der Waals surface area (Å²) in [5.41, 5.74) is 2.85. The second-order valence-electron chi connectivity index (χ2n) is 9.29. The molecule has 0 saturated carbocycles. The van der Waals surface area contributed by atoms with Crippen molar-refractivity contribution in [1.82, 2.24) is 4.98 Å². The van der Waals surface area contributed by atoms with Gasteiger partial charge in [-0.05, 0) is 102 Å². The second-order valence-corrected chi connectivity index (χ2v) is 10.0. The van der Waals surface area contributed by atoms with Gasteiger partial charge in [0.2, 0.25) is 0 Å². The topological polar surface area (TPSA) is 208 Å². The number of nitriles is 3. The highest BCUT2D eigenvalue weighted by molar-refractivity contribution is 9.10. The zero-order valence-electron chi connectivity index (χ0n) is 31.7. The normalized spacial score (nSPS) is 9.71. The fraction of sp³-hybridized carbons (Fsp3) is 0.500. The molecule has 282 valence electrons. The Labute approximate surface area is 310 Å². The summed E-state index contributed by atoms with van der Waals surface area (Å²) < 4.78 is 28.5. The molecule has 51 heavy (non-hydrogen) atoms. The zero-order valence-corrected chi connectivity index (χ0v) is 33.3. The van der Waals surface area contributed by atoms with E-state index in [0.717, 1.165) is 5.56 Å². The number of aromatic nitrogens is 1. The number of aryl methyl sites for hydroxylation is 1. The lowest BCUT2D eigenvalue weighted by Crippen LogP contribution is -2.08. The largest absolute Gasteiger partial charge is 0.465 e. The number of hydrogen-bond donors (Lipinski definition) is 0. The van der Waals surface area contributed by atoms with E-state index in [1.807, 2.05) is 26.8 Å². The number of carbonyl (C=O) groups is 4. The molecule has 1 aromatic rings. The first kappa shape index (κ1) is 52.9. The fourth-order valence-corrected chi connectivity index (χ4v) is 3.34. The van der Waals surface area contributed by atoms with Crippen molar-refractivity contribution >= 4 is 39.8 Å². The van der Waals surface area contributed by atoms with Gasteiger partial charge < -0.3 is 28.4 Å². The van der Waals surface area contributed by atoms with Crippen molar-refractivity contribution in [3.05, 3.63) is 62.4 Å². The van der Waals surface area contributed by atoms with E-state index in [1.165, 1.54) is 0 Å². The fourth-order valence-electron chi connectivity index (χ4n) is 2.74. The van der Waals surface area contributed by atoms with Gasteiger partial charge in [-0.2, -0.15) is 15.8 Å². The maximum Gasteiger partial charge on any atom is 0.349 e. The van der Waals surface area contributed by atoms with Gasteiger partial charge in [0.25, 0.3) is 0 Å². The van der Waals surface area contributed by atoms with Crippen LogP contribution in [0.5, 0.6) is 0 Å². The number of carbonyl (C=O) groups excluding carboxylic acids is 4. The third-order valence-electron chi connectivity index (χ3n) is 5.28. The Morgan fingerprint density at radius 3 is 1.65 bits per heavy atom. The predicted octanol–water partition coefficient (Wildman–Crippen LogP) is 6.79. The van der Waals surface area contributed by atoms with Crippen LogP contribution in [0.15, 0.2) is 51.3 Å². The zero-order chi connectivity index (χ0) is 40.4. The van der Waals surface area contributed by atoms with Gasteiger partial charge in [0.1, 0.15) is 34.3 Å². The molecular formula is C36H51BrN4O10. The van der Waals surface area contributed by atoms with Crippen molar-refractivity contribution in [3.63, 3.8) is 0 Å². The lowest BCUT2D eigenvalue weighted by Gasteiger charge is -2.05. The number of nitrogens with zero attached hydrogens (tertiary/aromatic N) is 4. The van der Waals surface area contributed by atoms with E-state index >= 15 is 0 Å². The minimum Gasteiger partial charge on any atom is -0.465 e. The Bertz CT molecular complexity index is 1410. The molecule has 0 fully saturated rings. The molecule has 0 amide bonds. The van der Waals surface area contributed by atoms with Gasteiger partial charge in [-0.3, -0.25) is 4.79 Å². The van der Waals surface area contributed by atoms with Gasteiger partial charge in [0, 0.05) is 20.4 Å². The maximum atomic E-state index is 11.4. The molecule has 0 atom stereocenters. The predicted molar refractivity (Wildman–Crippen MR) is 193 cm³/mol. The van der Waals surface area contributed by atoms with Crippen LogP contribution >= 0.6 is 15.9 Å². The Morgan fingerprint density at radius 1 is 0.843 bits per heavy atom. The van der Waals surface area contributed by atoms with Crippen LogP contribution < -0.4 is 0 Å². The van der Waals surface area contributed by atoms with E-state index in [4.69, 9.17) is 25.3 Å². The van der Waals surface area contributed by atoms with Crippen LogP contribution in [0.2, 0.25) is 0 Å². The Hall–Kier alpha value is -4.88. The van der Waals surface area contributed by atoms with Gasteiger partial charge in [-0.25, -0.2) is 19.4 Å². The number of ether oxygens (including phenoxy) is 6. The summed E-state index contributed by atoms with van der Waals surface area (Å²) in [5.74, 6) is -1.87. The Kier molecular flexibility index (Phi) is 36.3. The summed E-state index contributed by atoms with van der Waals surface area (Å²) in [5, 5.41) is 25.1. The first-order valence-electron chi connectivity index (χ1n) is 15.6. The summed E-state index contributed by atoms with van der Waals surface area (Å²) in [6, 6.07) is 7.07. The number of esters is 4. The van der Waals surface area contributed by atoms with Crippen LogP contribution in [-0.2, 0) is 42.8 Å². The third kappa shape index (κ3) is 27.6. The van der Waals surface area contributed by atoms with Crippen molar-refractivity contribution in [3.8, 4) is 18.2 Å². The van der Waals surface area contributed by atoms with E-state index in [9.17, 15) is 19.2 Å². The van der Waals surface area contributed by atoms with Crippen molar-refractivity contribution in [1.29, 1.82) is 15.8 Å². The van der Waals surface area contributed by atoms with Crippen LogP contribution in [-0.4, -0.2) is 75.8 Å². The molecule has 1 aromatic heterocycles. The molecule has 0 radical (unpaired) electrons. The van der Waals surface area contributed by atoms with Crippen LogP contribution in [0.3, 0.4) is 0 Å². The molecule has 0 N–H and O–H groups in total. The molecule has 0 saturated heterocycles. The van der Waals surface area contributed by atoms with Crippen LogP contribution in [0.4, 0.5) is 0 Å². The van der Waals surface area contributed by atoms with Crippen molar-refractivity contribution in [2.24, 2.45) is 0 Å². The van der Waals surface area contributed by atoms with Gasteiger partial charge in [0.05, 0.1) is 38.1 Å². The van der Waals surface area contributed by atoms with Gasteiger partial charge >= 0.3 is 23.9 Å². The molecule has 0 aliphatic carbocycles. The van der Waals surface area contributed by atoms with Crippen molar-refractivity contribution < 1.29 is 47.6 Å². The van der Waals surface area contributed by atoms with Crippen LogP contribution in [0.25, 0.3) is 0 Å². The molecule has 14 nitrogen and oxygen atoms in total. The summed E-state index contributed by atoms with van der Waals surface area (Å²) in [6.45, 7) is 18.8. The quantitative estimate of drug-likeness (QED) is 0.0431. The highest BCUT2D eigenvalue weighted by Gasteiger charge is 2.14. The SMILES string of the molecule is C/C=C/C(C)=C(/C#N)C(=O)OCC.CCOC(=O)C(C#N)=C(C)C.CCOC(=O)CC#N.CCOC(=O)c1c(C)ccnc1Br.COC(C)OC. The average Bonchev–Trinajstić information content (AvgIpc) is 3.07. The van der Waals surface area contributed by atoms with Crippen LogP contribution in [0, 0.1) is 40.9 Å². The maximum absolute atomic E-state index is 11.4. The van der Waals surface area contributed by atoms with Crippen molar-refractivity contribution in [2.75, 3.05) is 40.6 Å². The van der Waals surface area contributed by atoms with E-state index in [1.54, 1.807) is 99.2 Å². The lowest BCUT2D eigenvalue weighted by molar-refractivity contribution is -0.142. The van der Waals surface area contributed by atoms with Crippen molar-refractivity contribution in [2.45, 2.75) is 81.9 Å². The first-order chi connectivity index (χ1) is 24.1. The highest BCUT2D eigenvalue weighted by atomic mass is 79.9. The van der Waals surface area contributed by atoms with Gasteiger partial charge in [-0.15, -0.1) is 0 Å². The highest BCUT2D eigenvalue weighted by Crippen LogP contribution is 2.18. The summed E-state index contributed by atoms with van der Waals surface area (Å²) in [6.07, 6.45) is 4.90. The number of pyridine rings is 1. The molecule has 0 aromatic carbocycles. The molecule has 0 aliphatic heterocycles. The number of methoxy groups -OCH3 is 2. The van der Waals surface area contributed by atoms with E-state index in [0.29, 0.717) is 41.1 Å². The summed E-state index contributed by atoms with van der Waals surface area (Å²) in [7, 11) is 3.21. The number of rotatable bonds is 11. The number of allylic oxidation sites excluding steroid dienone is 4. The number of hydrogen-bond acceptors (Lipinski definition) is 14. The molecule has 1 rings (SSSR count). The molecule has 1 heterocycles. The second kappa shape index (κ2) is 35.0. The molecular weight excluding hydrogens is 728 g/mol. The standard InChI is InChI=1S/C10H13NO2.C9H10BrNO2.C8H11NO2.C5H7NO2.C4H10O2/c1-4-6-8(3)9(7-11)10(12)13-5-2;1-3-13-9(12)7-6(2)4-5-11-8(7)10;1-4-11-8(10)7(5-9)6(2)3;1-2-8-5(7)3-4-6;1-4(5-2)6-3/h4,6H,5H2,1-3H3;4-5H,3H2,1-2H3;4H2,1-3H3;2-3H2,1H3;4H,1-3H3/b6-4+,9-8-;;;;. The van der Waals surface area contributed by atoms with E-state index in [2.05, 4.69) is 39.9 Å². The van der Waals surface area contributed by atoms with Gasteiger partial charge in [0.15, 0.2) is 6.29 Å².